The van der Waals surface area contributed by atoms with E-state index in [9.17, 15) is 4.39 Å². The molecule has 0 saturated heterocycles. The zero-order valence-corrected chi connectivity index (χ0v) is 8.57. The lowest BCUT2D eigenvalue weighted by Crippen LogP contribution is -1.87. The third kappa shape index (κ3) is 1.58. The summed E-state index contributed by atoms with van der Waals surface area (Å²) in [5.74, 6) is -0.386. The van der Waals surface area contributed by atoms with Crippen molar-refractivity contribution in [3.8, 4) is 11.3 Å². The average molecular weight is 229 g/mol. The van der Waals surface area contributed by atoms with Crippen LogP contribution in [0, 0.1) is 5.82 Å². The second kappa shape index (κ2) is 3.55. The predicted octanol–water partition coefficient (Wildman–Crippen LogP) is 3.18. The van der Waals surface area contributed by atoms with Gasteiger partial charge in [-0.1, -0.05) is 17.7 Å². The number of benzene rings is 1. The van der Waals surface area contributed by atoms with Crippen molar-refractivity contribution in [2.45, 2.75) is 0 Å². The van der Waals surface area contributed by atoms with E-state index in [1.54, 1.807) is 17.5 Å². The molecular weight excluding hydrogens is 223 g/mol. The van der Waals surface area contributed by atoms with E-state index in [-0.39, 0.29) is 5.82 Å². The zero-order valence-electron chi connectivity index (χ0n) is 7.00. The second-order valence-corrected chi connectivity index (χ2v) is 3.96. The Bertz CT molecular complexity index is 449. The van der Waals surface area contributed by atoms with Crippen LogP contribution >= 0.6 is 22.9 Å². The van der Waals surface area contributed by atoms with Gasteiger partial charge in [-0.15, -0.1) is 11.3 Å². The lowest BCUT2D eigenvalue weighted by Gasteiger charge is -2.01. The van der Waals surface area contributed by atoms with E-state index in [0.717, 1.165) is 0 Å². The van der Waals surface area contributed by atoms with Crippen molar-refractivity contribution in [3.63, 3.8) is 0 Å². The molecule has 1 heterocycles. The molecule has 0 atom stereocenters. The summed E-state index contributed by atoms with van der Waals surface area (Å²) in [4.78, 5) is 3.97. The number of nitrogens with zero attached hydrogens (tertiary/aromatic N) is 1. The van der Waals surface area contributed by atoms with Gasteiger partial charge in [0.1, 0.15) is 5.82 Å². The summed E-state index contributed by atoms with van der Waals surface area (Å²) in [5, 5.41) is 2.43. The molecule has 0 bridgehead atoms. The highest BCUT2D eigenvalue weighted by molar-refractivity contribution is 7.13. The van der Waals surface area contributed by atoms with Gasteiger partial charge in [-0.2, -0.15) is 0 Å². The summed E-state index contributed by atoms with van der Waals surface area (Å²) in [5.41, 5.74) is 6.25. The molecule has 0 aliphatic heterocycles. The Morgan fingerprint density at radius 2 is 2.21 bits per heavy atom. The fourth-order valence-corrected chi connectivity index (χ4v) is 1.96. The Kier molecular flexibility index (Phi) is 2.39. The van der Waals surface area contributed by atoms with Crippen LogP contribution < -0.4 is 5.73 Å². The van der Waals surface area contributed by atoms with Crippen molar-refractivity contribution < 1.29 is 4.39 Å². The monoisotopic (exact) mass is 228 g/mol. The average Bonchev–Trinajstić information content (AvgIpc) is 2.51. The summed E-state index contributed by atoms with van der Waals surface area (Å²) in [6.07, 6.45) is 0. The molecule has 0 fully saturated rings. The number of anilines is 1. The van der Waals surface area contributed by atoms with E-state index in [2.05, 4.69) is 4.98 Å². The van der Waals surface area contributed by atoms with Gasteiger partial charge in [-0.25, -0.2) is 9.37 Å². The van der Waals surface area contributed by atoms with Crippen molar-refractivity contribution in [3.05, 3.63) is 34.4 Å². The van der Waals surface area contributed by atoms with Crippen LogP contribution in [0.15, 0.2) is 23.6 Å². The number of nitrogen functional groups attached to an aromatic ring is 1. The van der Waals surface area contributed by atoms with E-state index in [1.165, 1.54) is 17.4 Å². The third-order valence-electron chi connectivity index (χ3n) is 1.74. The lowest BCUT2D eigenvalue weighted by atomic mass is 10.1. The van der Waals surface area contributed by atoms with E-state index in [4.69, 9.17) is 17.3 Å². The Hall–Kier alpha value is -1.13. The van der Waals surface area contributed by atoms with Gasteiger partial charge in [0.2, 0.25) is 0 Å². The lowest BCUT2D eigenvalue weighted by molar-refractivity contribution is 0.631. The molecule has 0 amide bonds. The van der Waals surface area contributed by atoms with Crippen molar-refractivity contribution >= 4 is 28.1 Å². The Labute approximate surface area is 89.2 Å². The number of hydrogen-bond donors (Lipinski definition) is 1. The maximum Gasteiger partial charge on any atom is 0.180 e. The van der Waals surface area contributed by atoms with E-state index in [1.807, 2.05) is 0 Å². The smallest absolute Gasteiger partial charge is 0.180 e. The van der Waals surface area contributed by atoms with Crippen LogP contribution in [0.3, 0.4) is 0 Å². The number of rotatable bonds is 1. The fourth-order valence-electron chi connectivity index (χ4n) is 1.14. The predicted molar refractivity (Wildman–Crippen MR) is 56.9 cm³/mol. The fraction of sp³-hybridized carbons (Fsp3) is 0. The largest absolute Gasteiger partial charge is 0.375 e. The van der Waals surface area contributed by atoms with Gasteiger partial charge in [0.15, 0.2) is 5.13 Å². The van der Waals surface area contributed by atoms with Crippen molar-refractivity contribution in [2.75, 3.05) is 5.73 Å². The zero-order chi connectivity index (χ0) is 10.1. The summed E-state index contributed by atoms with van der Waals surface area (Å²) in [6, 6.07) is 4.52. The molecule has 2 rings (SSSR count). The van der Waals surface area contributed by atoms with Gasteiger partial charge < -0.3 is 5.73 Å². The first-order chi connectivity index (χ1) is 6.68. The van der Waals surface area contributed by atoms with E-state index >= 15 is 0 Å². The van der Waals surface area contributed by atoms with Crippen LogP contribution in [0.2, 0.25) is 5.02 Å². The number of hydrogen-bond acceptors (Lipinski definition) is 3. The Balaban J connectivity index is 2.61. The maximum atomic E-state index is 13.4. The van der Waals surface area contributed by atoms with Crippen LogP contribution in [0.25, 0.3) is 11.3 Å². The number of aromatic nitrogens is 1. The van der Waals surface area contributed by atoms with Crippen molar-refractivity contribution in [2.24, 2.45) is 0 Å². The Morgan fingerprint density at radius 1 is 1.43 bits per heavy atom. The maximum absolute atomic E-state index is 13.4. The molecule has 0 unspecified atom stereocenters. The van der Waals surface area contributed by atoms with Crippen LogP contribution in [0.5, 0.6) is 0 Å². The molecule has 0 aliphatic rings. The van der Waals surface area contributed by atoms with Gasteiger partial charge in [0.25, 0.3) is 0 Å². The normalized spacial score (nSPS) is 10.4. The van der Waals surface area contributed by atoms with E-state index < -0.39 is 0 Å². The molecule has 1 aromatic heterocycles. The van der Waals surface area contributed by atoms with Gasteiger partial charge in [-0.05, 0) is 12.1 Å². The molecular formula is C9H6ClFN2S. The van der Waals surface area contributed by atoms with Crippen LogP contribution in [-0.2, 0) is 0 Å². The second-order valence-electron chi connectivity index (χ2n) is 2.67. The first-order valence-electron chi connectivity index (χ1n) is 3.84. The molecule has 5 heteroatoms. The molecule has 0 spiro atoms. The Morgan fingerprint density at radius 3 is 2.79 bits per heavy atom. The summed E-state index contributed by atoms with van der Waals surface area (Å²) in [6.45, 7) is 0. The number of nitrogens with two attached hydrogens (primary N) is 1. The molecule has 2 N–H and O–H groups in total. The molecule has 0 radical (unpaired) electrons. The minimum Gasteiger partial charge on any atom is -0.375 e. The molecule has 2 aromatic rings. The topological polar surface area (TPSA) is 38.9 Å². The van der Waals surface area contributed by atoms with Crippen LogP contribution in [0.4, 0.5) is 9.52 Å². The molecule has 72 valence electrons. The number of halogens is 2. The van der Waals surface area contributed by atoms with Crippen LogP contribution in [-0.4, -0.2) is 4.98 Å². The van der Waals surface area contributed by atoms with Crippen molar-refractivity contribution in [1.29, 1.82) is 0 Å². The van der Waals surface area contributed by atoms with Gasteiger partial charge in [0, 0.05) is 5.38 Å². The van der Waals surface area contributed by atoms with Gasteiger partial charge in [-0.3, -0.25) is 0 Å². The molecule has 2 nitrogen and oxygen atoms in total. The summed E-state index contributed by atoms with van der Waals surface area (Å²) < 4.78 is 13.4. The molecule has 14 heavy (non-hydrogen) atoms. The minimum atomic E-state index is -0.386. The van der Waals surface area contributed by atoms with Gasteiger partial charge >= 0.3 is 0 Å². The third-order valence-corrected chi connectivity index (χ3v) is 2.73. The molecule has 1 aromatic carbocycles. The number of thiazole rings is 1. The highest BCUT2D eigenvalue weighted by Crippen LogP contribution is 2.31. The summed E-state index contributed by atoms with van der Waals surface area (Å²) >= 11 is 7.12. The van der Waals surface area contributed by atoms with Crippen LogP contribution in [0.1, 0.15) is 0 Å². The van der Waals surface area contributed by atoms with Crippen molar-refractivity contribution in [1.82, 2.24) is 4.98 Å². The highest BCUT2D eigenvalue weighted by atomic mass is 35.5. The summed E-state index contributed by atoms with van der Waals surface area (Å²) in [7, 11) is 0. The highest BCUT2D eigenvalue weighted by Gasteiger charge is 2.11. The first kappa shape index (κ1) is 9.43. The molecule has 0 aliphatic carbocycles. The first-order valence-corrected chi connectivity index (χ1v) is 5.09. The minimum absolute atomic E-state index is 0.308. The molecule has 0 saturated carbocycles. The van der Waals surface area contributed by atoms with E-state index in [0.29, 0.717) is 21.4 Å². The SMILES string of the molecule is Nc1nc(-c2c(F)cccc2Cl)cs1. The quantitative estimate of drug-likeness (QED) is 0.814. The van der Waals surface area contributed by atoms with Gasteiger partial charge in [0.05, 0.1) is 16.3 Å². The standard InChI is InChI=1S/C9H6ClFN2S/c10-5-2-1-3-6(11)8(5)7-4-14-9(12)13-7/h1-4H,(H2,12,13).